The summed E-state index contributed by atoms with van der Waals surface area (Å²) in [5.41, 5.74) is 4.35. The van der Waals surface area contributed by atoms with Crippen LogP contribution in [-0.4, -0.2) is 57.0 Å². The SMILES string of the molecule is O=S(=O)(O)c1cc(O)c2c(NNc3cc(S(=O)(=O)O)cc4cc(S(=O)(=O)O)cc(Cl)c34)cc(S(=O)(=O)O)cc2c1. The number of benzene rings is 4. The average molecular weight is 655 g/mol. The molecule has 0 aliphatic carbocycles. The van der Waals surface area contributed by atoms with E-state index < -0.39 is 65.8 Å². The molecule has 0 spiro atoms. The molecule has 40 heavy (non-hydrogen) atoms. The maximum atomic E-state index is 11.9. The van der Waals surface area contributed by atoms with Crippen LogP contribution in [0.25, 0.3) is 21.5 Å². The number of rotatable bonds is 7. The van der Waals surface area contributed by atoms with Gasteiger partial charge >= 0.3 is 0 Å². The van der Waals surface area contributed by atoms with Crippen LogP contribution in [0, 0.1) is 0 Å². The van der Waals surface area contributed by atoms with Crippen molar-refractivity contribution >= 4 is 85.0 Å². The van der Waals surface area contributed by atoms with E-state index in [9.17, 15) is 57.0 Å². The molecule has 4 rings (SSSR count). The van der Waals surface area contributed by atoms with Gasteiger partial charge in [-0.15, -0.1) is 0 Å². The Morgan fingerprint density at radius 3 is 1.23 bits per heavy atom. The summed E-state index contributed by atoms with van der Waals surface area (Å²) in [4.78, 5) is -3.06. The molecule has 0 atom stereocenters. The highest BCUT2D eigenvalue weighted by atomic mass is 35.5. The summed E-state index contributed by atoms with van der Waals surface area (Å²) in [5, 5.41) is 9.39. The maximum Gasteiger partial charge on any atom is 0.294 e. The number of fused-ring (bicyclic) bond motifs is 2. The molecule has 0 aliphatic heterocycles. The minimum absolute atomic E-state index is 0.0536. The van der Waals surface area contributed by atoms with Gasteiger partial charge in [-0.25, -0.2) is 0 Å². The van der Waals surface area contributed by atoms with Crippen LogP contribution in [0.3, 0.4) is 0 Å². The minimum Gasteiger partial charge on any atom is -0.507 e. The van der Waals surface area contributed by atoms with E-state index in [1.54, 1.807) is 0 Å². The molecule has 0 radical (unpaired) electrons. The normalized spacial score (nSPS) is 13.0. The van der Waals surface area contributed by atoms with Gasteiger partial charge in [0.25, 0.3) is 40.5 Å². The molecule has 0 unspecified atom stereocenters. The molecule has 0 bridgehead atoms. The molecular formula is C20H15ClN2O13S4. The van der Waals surface area contributed by atoms with Gasteiger partial charge in [0.1, 0.15) is 5.75 Å². The first-order chi connectivity index (χ1) is 18.2. The molecule has 0 fully saturated rings. The lowest BCUT2D eigenvalue weighted by Gasteiger charge is -2.18. The number of anilines is 2. The van der Waals surface area contributed by atoms with Gasteiger partial charge in [0.15, 0.2) is 0 Å². The van der Waals surface area contributed by atoms with Crippen molar-refractivity contribution in [3.63, 3.8) is 0 Å². The van der Waals surface area contributed by atoms with Gasteiger partial charge in [0.2, 0.25) is 0 Å². The first-order valence-electron chi connectivity index (χ1n) is 10.2. The quantitative estimate of drug-likeness (QED) is 0.112. The van der Waals surface area contributed by atoms with Crippen LogP contribution in [0.1, 0.15) is 0 Å². The summed E-state index contributed by atoms with van der Waals surface area (Å²) in [6, 6.07) is 6.46. The molecule has 0 saturated carbocycles. The summed E-state index contributed by atoms with van der Waals surface area (Å²) < 4.78 is 132. The van der Waals surface area contributed by atoms with Crippen molar-refractivity contribution in [1.82, 2.24) is 0 Å². The van der Waals surface area contributed by atoms with E-state index in [0.29, 0.717) is 6.07 Å². The number of aromatic hydroxyl groups is 1. The van der Waals surface area contributed by atoms with E-state index >= 15 is 0 Å². The number of hydrogen-bond acceptors (Lipinski definition) is 11. The lowest BCUT2D eigenvalue weighted by molar-refractivity contribution is 0.471. The number of hydrogen-bond donors (Lipinski definition) is 7. The smallest absolute Gasteiger partial charge is 0.294 e. The molecule has 20 heteroatoms. The van der Waals surface area contributed by atoms with Crippen LogP contribution >= 0.6 is 11.6 Å². The van der Waals surface area contributed by atoms with Gasteiger partial charge in [0.05, 0.1) is 36.0 Å². The largest absolute Gasteiger partial charge is 0.507 e. The zero-order chi connectivity index (χ0) is 30.0. The summed E-state index contributed by atoms with van der Waals surface area (Å²) >= 11 is 6.20. The highest BCUT2D eigenvalue weighted by Gasteiger charge is 2.22. The fraction of sp³-hybridized carbons (Fsp3) is 0. The standard InChI is InChI=1S/C20H15ClN2O13S4/c21-15-5-11(37(25,26)27)1-9-2-12(38(28,29)30)6-16(19(9)15)22-23-17-7-13(39(31,32)33)3-10-4-14(40(34,35)36)8-18(24)20(10)17/h1-8,22-24H,(H,25,26,27)(H,28,29,30)(H,31,32,33)(H,34,35,36). The van der Waals surface area contributed by atoms with Crippen LogP contribution < -0.4 is 10.9 Å². The molecule has 214 valence electrons. The van der Waals surface area contributed by atoms with Crippen molar-refractivity contribution in [3.8, 4) is 5.75 Å². The number of phenols is 1. The monoisotopic (exact) mass is 654 g/mol. The van der Waals surface area contributed by atoms with Crippen LogP contribution in [-0.2, 0) is 40.5 Å². The van der Waals surface area contributed by atoms with Crippen molar-refractivity contribution in [2.45, 2.75) is 19.6 Å². The third kappa shape index (κ3) is 5.92. The molecule has 0 aliphatic rings. The summed E-state index contributed by atoms with van der Waals surface area (Å²) in [7, 11) is -19.5. The van der Waals surface area contributed by atoms with Crippen molar-refractivity contribution in [1.29, 1.82) is 0 Å². The molecule has 4 aromatic carbocycles. The molecule has 4 aromatic rings. The van der Waals surface area contributed by atoms with E-state index in [1.165, 1.54) is 0 Å². The summed E-state index contributed by atoms with van der Waals surface area (Å²) in [6.45, 7) is 0. The fourth-order valence-corrected chi connectivity index (χ4v) is 6.33. The average Bonchev–Trinajstić information content (AvgIpc) is 2.79. The highest BCUT2D eigenvalue weighted by molar-refractivity contribution is 7.86. The van der Waals surface area contributed by atoms with Gasteiger partial charge in [-0.2, -0.15) is 33.7 Å². The molecule has 15 nitrogen and oxygen atoms in total. The molecule has 0 saturated heterocycles. The van der Waals surface area contributed by atoms with Crippen LogP contribution in [0.5, 0.6) is 5.75 Å². The van der Waals surface area contributed by atoms with Gasteiger partial charge in [-0.05, 0) is 53.2 Å². The second kappa shape index (κ2) is 9.68. The summed E-state index contributed by atoms with van der Waals surface area (Å²) in [6.07, 6.45) is 0. The number of hydrazine groups is 1. The van der Waals surface area contributed by atoms with Gasteiger partial charge in [-0.1, -0.05) is 11.6 Å². The Morgan fingerprint density at radius 2 is 0.825 bits per heavy atom. The van der Waals surface area contributed by atoms with Crippen molar-refractivity contribution in [3.05, 3.63) is 53.6 Å². The first kappa shape index (κ1) is 29.7. The summed E-state index contributed by atoms with van der Waals surface area (Å²) in [5.74, 6) is -0.774. The Labute approximate surface area is 231 Å². The second-order valence-electron chi connectivity index (χ2n) is 8.14. The van der Waals surface area contributed by atoms with E-state index in [4.69, 9.17) is 11.6 Å². The Hall–Kier alpha value is -3.27. The van der Waals surface area contributed by atoms with Gasteiger partial charge in [-0.3, -0.25) is 18.2 Å². The Balaban J connectivity index is 1.97. The van der Waals surface area contributed by atoms with E-state index in [0.717, 1.165) is 42.5 Å². The van der Waals surface area contributed by atoms with E-state index in [1.807, 2.05) is 0 Å². The Bertz CT molecular complexity index is 2020. The highest BCUT2D eigenvalue weighted by Crippen LogP contribution is 2.39. The zero-order valence-corrected chi connectivity index (χ0v) is 23.2. The molecule has 0 heterocycles. The van der Waals surface area contributed by atoms with Crippen LogP contribution in [0.15, 0.2) is 68.1 Å². The number of phenolic OH excluding ortho intramolecular Hbond substituents is 1. The molecule has 0 aromatic heterocycles. The Morgan fingerprint density at radius 1 is 0.500 bits per heavy atom. The third-order valence-corrected chi connectivity index (χ3v) is 9.07. The van der Waals surface area contributed by atoms with Crippen molar-refractivity contribution < 1.29 is 57.0 Å². The van der Waals surface area contributed by atoms with E-state index in [-0.39, 0.29) is 37.9 Å². The lowest BCUT2D eigenvalue weighted by atomic mass is 10.1. The van der Waals surface area contributed by atoms with Crippen molar-refractivity contribution in [2.24, 2.45) is 0 Å². The lowest BCUT2D eigenvalue weighted by Crippen LogP contribution is -2.12. The van der Waals surface area contributed by atoms with Crippen molar-refractivity contribution in [2.75, 3.05) is 10.9 Å². The van der Waals surface area contributed by atoms with Gasteiger partial charge < -0.3 is 16.0 Å². The zero-order valence-electron chi connectivity index (χ0n) is 19.1. The van der Waals surface area contributed by atoms with Crippen LogP contribution in [0.2, 0.25) is 5.02 Å². The molecule has 7 N–H and O–H groups in total. The Kier molecular flexibility index (Phi) is 7.19. The van der Waals surface area contributed by atoms with E-state index in [2.05, 4.69) is 10.9 Å². The predicted octanol–water partition coefficient (Wildman–Crippen LogP) is 2.78. The number of nitrogens with one attached hydrogen (secondary N) is 2. The molecular weight excluding hydrogens is 640 g/mol. The van der Waals surface area contributed by atoms with Crippen LogP contribution in [0.4, 0.5) is 11.4 Å². The topological polar surface area (TPSA) is 262 Å². The third-order valence-electron chi connectivity index (χ3n) is 5.45. The maximum absolute atomic E-state index is 11.9. The second-order valence-corrected chi connectivity index (χ2v) is 14.2. The molecule has 0 amide bonds. The fourth-order valence-electron chi connectivity index (χ4n) is 3.78. The van der Waals surface area contributed by atoms with Gasteiger partial charge in [0, 0.05) is 16.8 Å². The predicted molar refractivity (Wildman–Crippen MR) is 141 cm³/mol. The number of halogens is 1. The first-order valence-corrected chi connectivity index (χ1v) is 16.3. The minimum atomic E-state index is -4.92.